The van der Waals surface area contributed by atoms with Gasteiger partial charge in [-0.05, 0) is 37.1 Å². The van der Waals surface area contributed by atoms with Gasteiger partial charge in [-0.25, -0.2) is 10.3 Å². The Bertz CT molecular complexity index is 2190. The highest BCUT2D eigenvalue weighted by Crippen LogP contribution is 2.53. The zero-order chi connectivity index (χ0) is 40.9. The number of carbonyl (C=O) groups is 6. The van der Waals surface area contributed by atoms with Gasteiger partial charge in [-0.1, -0.05) is 24.3 Å². The van der Waals surface area contributed by atoms with Crippen LogP contribution in [-0.2, 0) is 41.5 Å². The maximum absolute atomic E-state index is 14.0. The van der Waals surface area contributed by atoms with E-state index in [4.69, 9.17) is 19.9 Å². The van der Waals surface area contributed by atoms with E-state index in [2.05, 4.69) is 10.9 Å². The average molecular weight is 785 g/mol. The topological polar surface area (TPSA) is 264 Å². The van der Waals surface area contributed by atoms with Crippen molar-refractivity contribution in [1.82, 2.24) is 10.9 Å². The lowest BCUT2D eigenvalue weighted by molar-refractivity contribution is -0.248. The number of aliphatic hydroxyl groups is 2. The summed E-state index contributed by atoms with van der Waals surface area (Å²) in [6, 6.07) is 8.45. The molecule has 3 amide bonds. The van der Waals surface area contributed by atoms with Crippen LogP contribution in [0.5, 0.6) is 17.2 Å². The van der Waals surface area contributed by atoms with Crippen molar-refractivity contribution in [2.45, 2.75) is 81.3 Å². The molecule has 4 aliphatic rings. The van der Waals surface area contributed by atoms with Gasteiger partial charge in [0.25, 0.3) is 11.8 Å². The predicted molar refractivity (Wildman–Crippen MR) is 197 cm³/mol. The van der Waals surface area contributed by atoms with E-state index in [0.29, 0.717) is 17.5 Å². The number of anilines is 1. The molecule has 7 rings (SSSR count). The summed E-state index contributed by atoms with van der Waals surface area (Å²) >= 11 is 0. The van der Waals surface area contributed by atoms with Crippen molar-refractivity contribution in [3.8, 4) is 17.2 Å². The van der Waals surface area contributed by atoms with Gasteiger partial charge >= 0.3 is 0 Å². The molecule has 2 heterocycles. The molecule has 2 aliphatic heterocycles. The van der Waals surface area contributed by atoms with E-state index < -0.39 is 107 Å². The highest BCUT2D eigenvalue weighted by molar-refractivity contribution is 6.31. The normalized spacial score (nSPS) is 25.8. The summed E-state index contributed by atoms with van der Waals surface area (Å²) in [6.45, 7) is 1.57. The lowest BCUT2D eigenvalue weighted by Gasteiger charge is -2.44. The van der Waals surface area contributed by atoms with Crippen LogP contribution in [0.3, 0.4) is 0 Å². The number of aliphatic hydroxyl groups excluding tert-OH is 1. The van der Waals surface area contributed by atoms with Crippen LogP contribution >= 0.6 is 0 Å². The molecule has 0 saturated carbocycles. The molecule has 17 nitrogen and oxygen atoms in total. The molecular formula is C40H40N4O13. The predicted octanol–water partition coefficient (Wildman–Crippen LogP) is 0.690. The number of aldehydes is 1. The molecule has 7 atom stereocenters. The molecule has 5 unspecified atom stereocenters. The van der Waals surface area contributed by atoms with Crippen molar-refractivity contribution in [3.63, 3.8) is 0 Å². The number of hydrogen-bond acceptors (Lipinski definition) is 15. The van der Waals surface area contributed by atoms with Crippen molar-refractivity contribution < 1.29 is 63.4 Å². The van der Waals surface area contributed by atoms with Crippen LogP contribution in [0.4, 0.5) is 5.69 Å². The number of ketones is 2. The maximum Gasteiger partial charge on any atom is 0.258 e. The highest BCUT2D eigenvalue weighted by atomic mass is 16.7. The quantitative estimate of drug-likeness (QED) is 0.0478. The van der Waals surface area contributed by atoms with Gasteiger partial charge in [0.15, 0.2) is 12.1 Å². The second kappa shape index (κ2) is 15.3. The van der Waals surface area contributed by atoms with Gasteiger partial charge in [-0.2, -0.15) is 0 Å². The maximum atomic E-state index is 14.0. The van der Waals surface area contributed by atoms with Crippen molar-refractivity contribution in [2.24, 2.45) is 5.73 Å². The van der Waals surface area contributed by atoms with Crippen LogP contribution in [-0.4, -0.2) is 99.3 Å². The molecule has 0 bridgehead atoms. The second-order valence-electron chi connectivity index (χ2n) is 14.5. The molecule has 3 aromatic rings. The first-order valence-electron chi connectivity index (χ1n) is 18.2. The number of nitrogens with zero attached hydrogens (tertiary/aromatic N) is 1. The minimum atomic E-state index is -2.16. The standard InChI is InChI=1S/C40H40N4O13/c1-18-35(49)23(41)14-30(56-18)57-25-16-40(54,26(17-45)42-43-27(46)11-8-19-6-9-20(10-7-19)44-28(47)12-13-29(44)48)15-22-32(25)39(53)34-33(37(22)51)36(50)21-4-3-5-24(55-2)31(21)38(34)52/h3-7,9-10,12-13,17-18,23,25-26,30,35,42,49,51,53-54H,8,11,14-16,41H2,1-2H3,(H,43,46)/t18?,23?,25-,26?,30?,35?,40-/m0/s1. The van der Waals surface area contributed by atoms with Gasteiger partial charge in [0, 0.05) is 60.6 Å². The molecule has 3 aromatic carbocycles. The van der Waals surface area contributed by atoms with Crippen LogP contribution < -0.4 is 26.2 Å². The van der Waals surface area contributed by atoms with Crippen LogP contribution in [0.1, 0.15) is 80.8 Å². The lowest BCUT2D eigenvalue weighted by Crippen LogP contribution is -2.60. The number of aromatic hydroxyl groups is 2. The van der Waals surface area contributed by atoms with Gasteiger partial charge in [-0.3, -0.25) is 29.4 Å². The van der Waals surface area contributed by atoms with E-state index in [-0.39, 0.29) is 47.3 Å². The van der Waals surface area contributed by atoms with Crippen molar-refractivity contribution >= 4 is 41.3 Å². The summed E-state index contributed by atoms with van der Waals surface area (Å²) in [7, 11) is 1.31. The summed E-state index contributed by atoms with van der Waals surface area (Å²) in [4.78, 5) is 78.5. The number of phenols is 2. The number of ether oxygens (including phenoxy) is 3. The summed E-state index contributed by atoms with van der Waals surface area (Å²) in [5.74, 6) is -4.46. The zero-order valence-electron chi connectivity index (χ0n) is 30.8. The van der Waals surface area contributed by atoms with Gasteiger partial charge in [-0.15, -0.1) is 0 Å². The van der Waals surface area contributed by atoms with Crippen molar-refractivity contribution in [2.75, 3.05) is 12.0 Å². The van der Waals surface area contributed by atoms with E-state index in [9.17, 15) is 49.2 Å². The number of nitrogens with one attached hydrogen (secondary N) is 2. The minimum Gasteiger partial charge on any atom is -0.507 e. The molecule has 0 aromatic heterocycles. The molecule has 1 fully saturated rings. The average Bonchev–Trinajstić information content (AvgIpc) is 3.53. The van der Waals surface area contributed by atoms with Gasteiger partial charge in [0.2, 0.25) is 11.7 Å². The third-order valence-corrected chi connectivity index (χ3v) is 10.9. The number of nitrogens with two attached hydrogens (primary N) is 1. The molecule has 0 radical (unpaired) electrons. The monoisotopic (exact) mass is 784 g/mol. The SMILES string of the molecule is COc1cccc2c1C(=O)c1c(O)c3c(c(O)c1C2=O)C[C@@](O)(C(C=O)NNC(=O)CCc1ccc(N2C(=O)C=CC2=O)cc1)C[C@@H]3OC1CC(N)C(O)C(C)O1. The number of rotatable bonds is 11. The first kappa shape index (κ1) is 39.4. The molecule has 8 N–H and O–H groups in total. The van der Waals surface area contributed by atoms with Crippen LogP contribution in [0, 0.1) is 0 Å². The number of imide groups is 1. The van der Waals surface area contributed by atoms with Gasteiger partial charge in [0.05, 0.1) is 53.4 Å². The minimum absolute atomic E-state index is 0.0324. The first-order valence-corrected chi connectivity index (χ1v) is 18.2. The van der Waals surface area contributed by atoms with Crippen LogP contribution in [0.15, 0.2) is 54.6 Å². The third kappa shape index (κ3) is 6.98. The Hall–Kier alpha value is -5.82. The summed E-state index contributed by atoms with van der Waals surface area (Å²) in [6.07, 6.45) is -2.57. The van der Waals surface area contributed by atoms with Crippen molar-refractivity contribution in [3.05, 3.63) is 93.6 Å². The van der Waals surface area contributed by atoms with E-state index in [1.807, 2.05) is 0 Å². The van der Waals surface area contributed by atoms with Crippen molar-refractivity contribution in [1.29, 1.82) is 0 Å². The van der Waals surface area contributed by atoms with Gasteiger partial charge in [0.1, 0.15) is 29.6 Å². The fourth-order valence-electron chi connectivity index (χ4n) is 7.90. The number of hydrazine groups is 1. The fraction of sp³-hybridized carbons (Fsp3) is 0.350. The van der Waals surface area contributed by atoms with Crippen LogP contribution in [0.25, 0.3) is 0 Å². The molecule has 57 heavy (non-hydrogen) atoms. The number of fused-ring (bicyclic) bond motifs is 3. The number of methoxy groups -OCH3 is 1. The van der Waals surface area contributed by atoms with E-state index >= 15 is 0 Å². The molecule has 298 valence electrons. The number of amides is 3. The Morgan fingerprint density at radius 1 is 1.04 bits per heavy atom. The molecule has 0 spiro atoms. The van der Waals surface area contributed by atoms with Gasteiger partial charge < -0.3 is 45.2 Å². The highest BCUT2D eigenvalue weighted by Gasteiger charge is 2.50. The zero-order valence-corrected chi connectivity index (χ0v) is 30.8. The second-order valence-corrected chi connectivity index (χ2v) is 14.5. The fourth-order valence-corrected chi connectivity index (χ4v) is 7.90. The Balaban J connectivity index is 1.15. The lowest BCUT2D eigenvalue weighted by atomic mass is 9.71. The number of carbonyl (C=O) groups excluding carboxylic acids is 6. The summed E-state index contributed by atoms with van der Waals surface area (Å²) in [5, 5.41) is 46.2. The smallest absolute Gasteiger partial charge is 0.258 e. The number of phenolic OH excluding ortho intramolecular Hbond substituents is 2. The largest absolute Gasteiger partial charge is 0.507 e. The van der Waals surface area contributed by atoms with E-state index in [1.165, 1.54) is 37.5 Å². The Morgan fingerprint density at radius 2 is 1.72 bits per heavy atom. The Labute approximate surface area is 325 Å². The first-order chi connectivity index (χ1) is 27.2. The number of hydrogen-bond donors (Lipinski definition) is 7. The molecule has 17 heteroatoms. The summed E-state index contributed by atoms with van der Waals surface area (Å²) in [5.41, 5.74) is 8.48. The molecular weight excluding hydrogens is 744 g/mol. The molecule has 2 aliphatic carbocycles. The number of aryl methyl sites for hydroxylation is 1. The van der Waals surface area contributed by atoms with E-state index in [1.54, 1.807) is 31.2 Å². The number of benzene rings is 3. The Kier molecular flexibility index (Phi) is 10.6. The molecule has 1 saturated heterocycles. The third-order valence-electron chi connectivity index (χ3n) is 10.9. The van der Waals surface area contributed by atoms with Crippen LogP contribution in [0.2, 0.25) is 0 Å². The summed E-state index contributed by atoms with van der Waals surface area (Å²) < 4.78 is 17.4. The Morgan fingerprint density at radius 3 is 2.37 bits per heavy atom. The van der Waals surface area contributed by atoms with E-state index in [0.717, 1.165) is 4.90 Å².